The maximum atomic E-state index is 11.6. The van der Waals surface area contributed by atoms with Crippen molar-refractivity contribution in [2.75, 3.05) is 6.61 Å². The van der Waals surface area contributed by atoms with Crippen LogP contribution >= 0.6 is 11.6 Å². The Labute approximate surface area is 185 Å². The Morgan fingerprint density at radius 1 is 1.13 bits per heavy atom. The Kier molecular flexibility index (Phi) is 6.99. The standard InChI is InChI=1S/C23H24ClN3O4/c1-2-31-21-12-16(24)4-7-18(21)20-9-5-17(6-10-22(28)29)27(20)19-8-3-14(23(26)30)11-15(19)13-25/h3-5,7-9,11-12H,2,6,10,13,25H2,1H3,(H2,26,30)(H,28,29). The van der Waals surface area contributed by atoms with Crippen molar-refractivity contribution in [3.05, 3.63) is 70.4 Å². The second-order valence-corrected chi connectivity index (χ2v) is 7.36. The minimum Gasteiger partial charge on any atom is -0.493 e. The van der Waals surface area contributed by atoms with Gasteiger partial charge in [0.25, 0.3) is 0 Å². The normalized spacial score (nSPS) is 10.8. The monoisotopic (exact) mass is 441 g/mol. The summed E-state index contributed by atoms with van der Waals surface area (Å²) in [4.78, 5) is 22.8. The Bertz CT molecular complexity index is 1120. The molecule has 31 heavy (non-hydrogen) atoms. The Hall–Kier alpha value is -3.29. The molecule has 0 unspecified atom stereocenters. The topological polar surface area (TPSA) is 121 Å². The number of ether oxygens (including phenoxy) is 1. The second kappa shape index (κ2) is 9.68. The molecular formula is C23H24ClN3O4. The molecule has 0 saturated heterocycles. The number of hydrogen-bond acceptors (Lipinski definition) is 4. The third-order valence-corrected chi connectivity index (χ3v) is 5.14. The Morgan fingerprint density at radius 2 is 1.90 bits per heavy atom. The van der Waals surface area contributed by atoms with Crippen LogP contribution in [0, 0.1) is 0 Å². The van der Waals surface area contributed by atoms with E-state index >= 15 is 0 Å². The maximum Gasteiger partial charge on any atom is 0.303 e. The van der Waals surface area contributed by atoms with Gasteiger partial charge in [-0.3, -0.25) is 9.59 Å². The van der Waals surface area contributed by atoms with E-state index < -0.39 is 11.9 Å². The largest absolute Gasteiger partial charge is 0.493 e. The van der Waals surface area contributed by atoms with Gasteiger partial charge in [-0.2, -0.15) is 0 Å². The lowest BCUT2D eigenvalue weighted by Crippen LogP contribution is -2.14. The number of carboxylic acids is 1. The fourth-order valence-corrected chi connectivity index (χ4v) is 3.67. The molecule has 162 valence electrons. The summed E-state index contributed by atoms with van der Waals surface area (Å²) in [6.07, 6.45) is 0.286. The highest BCUT2D eigenvalue weighted by molar-refractivity contribution is 6.30. The molecule has 1 aromatic heterocycles. The molecule has 0 aliphatic heterocycles. The number of aliphatic carboxylic acids is 1. The van der Waals surface area contributed by atoms with Gasteiger partial charge in [0.15, 0.2) is 0 Å². The first-order valence-corrected chi connectivity index (χ1v) is 10.2. The first-order valence-electron chi connectivity index (χ1n) is 9.84. The van der Waals surface area contributed by atoms with Gasteiger partial charge in [0.2, 0.25) is 5.91 Å². The third kappa shape index (κ3) is 4.90. The number of amides is 1. The van der Waals surface area contributed by atoms with Gasteiger partial charge < -0.3 is 25.9 Å². The van der Waals surface area contributed by atoms with Crippen LogP contribution in [0.4, 0.5) is 0 Å². The molecule has 0 spiro atoms. The second-order valence-electron chi connectivity index (χ2n) is 6.92. The van der Waals surface area contributed by atoms with Crippen molar-refractivity contribution in [2.45, 2.75) is 26.3 Å². The van der Waals surface area contributed by atoms with Crippen molar-refractivity contribution >= 4 is 23.5 Å². The smallest absolute Gasteiger partial charge is 0.303 e. The number of benzene rings is 2. The van der Waals surface area contributed by atoms with E-state index in [4.69, 9.17) is 27.8 Å². The summed E-state index contributed by atoms with van der Waals surface area (Å²) in [5.41, 5.74) is 15.6. The number of aromatic nitrogens is 1. The SMILES string of the molecule is CCOc1cc(Cl)ccc1-c1ccc(CCC(=O)O)n1-c1ccc(C(N)=O)cc1CN. The van der Waals surface area contributed by atoms with Crippen LogP contribution in [-0.2, 0) is 17.8 Å². The van der Waals surface area contributed by atoms with Crippen LogP contribution in [0.3, 0.4) is 0 Å². The minimum absolute atomic E-state index is 0.0281. The lowest BCUT2D eigenvalue weighted by atomic mass is 10.1. The van der Waals surface area contributed by atoms with E-state index in [1.54, 1.807) is 30.3 Å². The third-order valence-electron chi connectivity index (χ3n) is 4.90. The van der Waals surface area contributed by atoms with E-state index in [1.165, 1.54) is 0 Å². The fourth-order valence-electron chi connectivity index (χ4n) is 3.51. The molecule has 0 saturated carbocycles. The molecule has 1 heterocycles. The minimum atomic E-state index is -0.890. The van der Waals surface area contributed by atoms with E-state index in [9.17, 15) is 14.7 Å². The number of carbonyl (C=O) groups excluding carboxylic acids is 1. The lowest BCUT2D eigenvalue weighted by Gasteiger charge is -2.19. The predicted molar refractivity (Wildman–Crippen MR) is 120 cm³/mol. The number of carboxylic acid groups (broad SMARTS) is 1. The molecule has 0 bridgehead atoms. The van der Waals surface area contributed by atoms with Gasteiger partial charge >= 0.3 is 5.97 Å². The predicted octanol–water partition coefficient (Wildman–Crippen LogP) is 3.77. The number of carbonyl (C=O) groups is 2. The van der Waals surface area contributed by atoms with Crippen LogP contribution in [0.5, 0.6) is 5.75 Å². The van der Waals surface area contributed by atoms with Crippen LogP contribution in [0.25, 0.3) is 16.9 Å². The van der Waals surface area contributed by atoms with Gasteiger partial charge in [0.05, 0.1) is 24.4 Å². The molecule has 8 heteroatoms. The summed E-state index contributed by atoms with van der Waals surface area (Å²) in [5, 5.41) is 9.73. The summed E-state index contributed by atoms with van der Waals surface area (Å²) in [7, 11) is 0. The number of aryl methyl sites for hydroxylation is 1. The molecule has 7 nitrogen and oxygen atoms in total. The number of nitrogens with zero attached hydrogens (tertiary/aromatic N) is 1. The van der Waals surface area contributed by atoms with Crippen molar-refractivity contribution in [3.8, 4) is 22.7 Å². The first kappa shape index (κ1) is 22.4. The average molecular weight is 442 g/mol. The molecule has 0 aliphatic rings. The van der Waals surface area contributed by atoms with Crippen molar-refractivity contribution in [3.63, 3.8) is 0 Å². The molecule has 0 aliphatic carbocycles. The zero-order valence-corrected chi connectivity index (χ0v) is 17.9. The van der Waals surface area contributed by atoms with E-state index in [1.807, 2.05) is 29.7 Å². The van der Waals surface area contributed by atoms with Crippen LogP contribution in [0.2, 0.25) is 5.02 Å². The van der Waals surface area contributed by atoms with E-state index in [-0.39, 0.29) is 13.0 Å². The van der Waals surface area contributed by atoms with Crippen molar-refractivity contribution in [1.82, 2.24) is 4.57 Å². The number of primary amides is 1. The van der Waals surface area contributed by atoms with Gasteiger partial charge in [-0.15, -0.1) is 0 Å². The van der Waals surface area contributed by atoms with Gasteiger partial charge in [-0.05, 0) is 67.4 Å². The molecule has 0 fully saturated rings. The van der Waals surface area contributed by atoms with Crippen LogP contribution in [0.1, 0.15) is 35.0 Å². The molecule has 5 N–H and O–H groups in total. The fraction of sp³-hybridized carbons (Fsp3) is 0.217. The van der Waals surface area contributed by atoms with Crippen LogP contribution in [0.15, 0.2) is 48.5 Å². The van der Waals surface area contributed by atoms with E-state index in [0.29, 0.717) is 34.9 Å². The molecule has 2 aromatic carbocycles. The van der Waals surface area contributed by atoms with Crippen molar-refractivity contribution in [2.24, 2.45) is 11.5 Å². The zero-order valence-electron chi connectivity index (χ0n) is 17.1. The molecule has 0 atom stereocenters. The Morgan fingerprint density at radius 3 is 2.55 bits per heavy atom. The molecule has 3 aromatic rings. The van der Waals surface area contributed by atoms with Crippen LogP contribution in [-0.4, -0.2) is 28.2 Å². The summed E-state index contributed by atoms with van der Waals surface area (Å²) >= 11 is 6.17. The van der Waals surface area contributed by atoms with E-state index in [0.717, 1.165) is 22.6 Å². The van der Waals surface area contributed by atoms with Crippen molar-refractivity contribution in [1.29, 1.82) is 0 Å². The maximum absolute atomic E-state index is 11.6. The molecule has 0 radical (unpaired) electrons. The number of hydrogen-bond donors (Lipinski definition) is 3. The summed E-state index contributed by atoms with van der Waals surface area (Å²) < 4.78 is 7.75. The van der Waals surface area contributed by atoms with Gasteiger partial charge in [0, 0.05) is 28.4 Å². The number of nitrogens with two attached hydrogens (primary N) is 2. The molecule has 3 rings (SSSR count). The van der Waals surface area contributed by atoms with Gasteiger partial charge in [-0.1, -0.05) is 11.6 Å². The van der Waals surface area contributed by atoms with Gasteiger partial charge in [-0.25, -0.2) is 0 Å². The number of rotatable bonds is 9. The summed E-state index contributed by atoms with van der Waals surface area (Å²) in [5.74, 6) is -0.822. The zero-order chi connectivity index (χ0) is 22.5. The highest BCUT2D eigenvalue weighted by Gasteiger charge is 2.19. The first-order chi connectivity index (χ1) is 14.8. The quantitative estimate of drug-likeness (QED) is 0.466. The number of halogens is 1. The average Bonchev–Trinajstić information content (AvgIpc) is 3.15. The Balaban J connectivity index is 2.25. The summed E-state index contributed by atoms with van der Waals surface area (Å²) in [6, 6.07) is 14.2. The van der Waals surface area contributed by atoms with E-state index in [2.05, 4.69) is 0 Å². The lowest BCUT2D eigenvalue weighted by molar-refractivity contribution is -0.136. The summed E-state index contributed by atoms with van der Waals surface area (Å²) in [6.45, 7) is 2.52. The molecule has 1 amide bonds. The highest BCUT2D eigenvalue weighted by atomic mass is 35.5. The van der Waals surface area contributed by atoms with Gasteiger partial charge in [0.1, 0.15) is 5.75 Å². The molecular weight excluding hydrogens is 418 g/mol. The van der Waals surface area contributed by atoms with Crippen molar-refractivity contribution < 1.29 is 19.4 Å². The highest BCUT2D eigenvalue weighted by Crippen LogP contribution is 2.36. The van der Waals surface area contributed by atoms with Crippen LogP contribution < -0.4 is 16.2 Å².